The zero-order valence-corrected chi connectivity index (χ0v) is 11.2. The Kier molecular flexibility index (Phi) is 4.02. The van der Waals surface area contributed by atoms with Crippen molar-refractivity contribution < 1.29 is 9.90 Å². The molecule has 4 nitrogen and oxygen atoms in total. The molecule has 1 aromatic carbocycles. The van der Waals surface area contributed by atoms with Crippen LogP contribution in [0.25, 0.3) is 0 Å². The molecule has 1 heterocycles. The van der Waals surface area contributed by atoms with Gasteiger partial charge in [-0.05, 0) is 24.1 Å². The van der Waals surface area contributed by atoms with Crippen LogP contribution >= 0.6 is 0 Å². The molecule has 0 atom stereocenters. The van der Waals surface area contributed by atoms with Crippen molar-refractivity contribution in [3.8, 4) is 0 Å². The van der Waals surface area contributed by atoms with E-state index in [1.807, 2.05) is 55.1 Å². The lowest BCUT2D eigenvalue weighted by molar-refractivity contribution is 0.0950. The van der Waals surface area contributed by atoms with Gasteiger partial charge in [0.1, 0.15) is 0 Å². The first kappa shape index (κ1) is 13.4. The minimum atomic E-state index is -0.0764. The normalized spacial score (nSPS) is 10.5. The predicted molar refractivity (Wildman–Crippen MR) is 73.7 cm³/mol. The van der Waals surface area contributed by atoms with Crippen molar-refractivity contribution in [1.29, 1.82) is 0 Å². The van der Waals surface area contributed by atoms with Crippen molar-refractivity contribution in [2.45, 2.75) is 20.1 Å². The SMILES string of the molecule is Cc1c(C(=O)NCc2cccc(CO)c2)ccn1C. The molecule has 0 saturated carbocycles. The van der Waals surface area contributed by atoms with E-state index in [1.165, 1.54) is 0 Å². The van der Waals surface area contributed by atoms with Crippen LogP contribution in [0.3, 0.4) is 0 Å². The van der Waals surface area contributed by atoms with Crippen molar-refractivity contribution >= 4 is 5.91 Å². The van der Waals surface area contributed by atoms with E-state index < -0.39 is 0 Å². The van der Waals surface area contributed by atoms with E-state index in [9.17, 15) is 4.79 Å². The van der Waals surface area contributed by atoms with E-state index in [-0.39, 0.29) is 12.5 Å². The Morgan fingerprint density at radius 1 is 1.32 bits per heavy atom. The third kappa shape index (κ3) is 3.03. The van der Waals surface area contributed by atoms with Gasteiger partial charge in [0.25, 0.3) is 5.91 Å². The van der Waals surface area contributed by atoms with Gasteiger partial charge in [0, 0.05) is 25.5 Å². The van der Waals surface area contributed by atoms with Crippen LogP contribution in [0.1, 0.15) is 27.2 Å². The zero-order valence-electron chi connectivity index (χ0n) is 11.2. The zero-order chi connectivity index (χ0) is 13.8. The molecule has 2 rings (SSSR count). The fraction of sp³-hybridized carbons (Fsp3) is 0.267. The third-order valence-corrected chi connectivity index (χ3v) is 3.26. The summed E-state index contributed by atoms with van der Waals surface area (Å²) in [6.45, 7) is 2.39. The summed E-state index contributed by atoms with van der Waals surface area (Å²) in [5, 5.41) is 12.0. The number of aromatic nitrogens is 1. The molecule has 0 unspecified atom stereocenters. The van der Waals surface area contributed by atoms with Crippen molar-refractivity contribution in [2.24, 2.45) is 7.05 Å². The third-order valence-electron chi connectivity index (χ3n) is 3.26. The lowest BCUT2D eigenvalue weighted by atomic mass is 10.1. The van der Waals surface area contributed by atoms with E-state index in [1.54, 1.807) is 0 Å². The smallest absolute Gasteiger partial charge is 0.253 e. The maximum absolute atomic E-state index is 12.0. The van der Waals surface area contributed by atoms with Gasteiger partial charge in [0.05, 0.1) is 12.2 Å². The summed E-state index contributed by atoms with van der Waals surface area (Å²) in [6, 6.07) is 9.36. The highest BCUT2D eigenvalue weighted by molar-refractivity contribution is 5.95. The molecule has 4 heteroatoms. The van der Waals surface area contributed by atoms with E-state index in [0.29, 0.717) is 12.1 Å². The maximum atomic E-state index is 12.0. The second-order valence-corrected chi connectivity index (χ2v) is 4.59. The van der Waals surface area contributed by atoms with E-state index in [0.717, 1.165) is 16.8 Å². The Hall–Kier alpha value is -2.07. The first-order valence-corrected chi connectivity index (χ1v) is 6.20. The highest BCUT2D eigenvalue weighted by atomic mass is 16.3. The molecule has 0 spiro atoms. The number of hydrogen-bond donors (Lipinski definition) is 2. The molecule has 19 heavy (non-hydrogen) atoms. The number of aliphatic hydroxyl groups is 1. The fourth-order valence-electron chi connectivity index (χ4n) is 1.96. The summed E-state index contributed by atoms with van der Waals surface area (Å²) in [7, 11) is 1.91. The van der Waals surface area contributed by atoms with E-state index in [4.69, 9.17) is 5.11 Å². The molecule has 0 aliphatic rings. The van der Waals surface area contributed by atoms with Crippen LogP contribution < -0.4 is 5.32 Å². The quantitative estimate of drug-likeness (QED) is 0.878. The highest BCUT2D eigenvalue weighted by Gasteiger charge is 2.10. The van der Waals surface area contributed by atoms with Gasteiger partial charge in [0.15, 0.2) is 0 Å². The number of hydrogen-bond acceptors (Lipinski definition) is 2. The number of carbonyl (C=O) groups is 1. The summed E-state index contributed by atoms with van der Waals surface area (Å²) < 4.78 is 1.92. The molecule has 1 aromatic heterocycles. The number of aryl methyl sites for hydroxylation is 1. The average Bonchev–Trinajstić information content (AvgIpc) is 2.77. The van der Waals surface area contributed by atoms with E-state index in [2.05, 4.69) is 5.32 Å². The summed E-state index contributed by atoms with van der Waals surface area (Å²) >= 11 is 0. The van der Waals surface area contributed by atoms with E-state index >= 15 is 0 Å². The Morgan fingerprint density at radius 2 is 2.05 bits per heavy atom. The number of benzene rings is 1. The molecule has 0 fully saturated rings. The van der Waals surface area contributed by atoms with Crippen LogP contribution in [0, 0.1) is 6.92 Å². The molecule has 2 aromatic rings. The molecule has 0 aliphatic carbocycles. The molecule has 1 amide bonds. The average molecular weight is 258 g/mol. The van der Waals surface area contributed by atoms with Crippen molar-refractivity contribution in [3.05, 3.63) is 58.9 Å². The Balaban J connectivity index is 2.02. The van der Waals surface area contributed by atoms with Crippen molar-refractivity contribution in [2.75, 3.05) is 0 Å². The summed E-state index contributed by atoms with van der Waals surface area (Å²) in [4.78, 5) is 12.0. The van der Waals surface area contributed by atoms with Gasteiger partial charge in [-0.2, -0.15) is 0 Å². The second kappa shape index (κ2) is 5.71. The molecular weight excluding hydrogens is 240 g/mol. The molecule has 100 valence electrons. The van der Waals surface area contributed by atoms with Gasteiger partial charge in [-0.3, -0.25) is 4.79 Å². The maximum Gasteiger partial charge on any atom is 0.253 e. The minimum absolute atomic E-state index is 0.0135. The standard InChI is InChI=1S/C15H18N2O2/c1-11-14(6-7-17(11)2)15(19)16-9-12-4-3-5-13(8-12)10-18/h3-8,18H,9-10H2,1-2H3,(H,16,19). The van der Waals surface area contributed by atoms with Crippen LogP contribution in [0.5, 0.6) is 0 Å². The topological polar surface area (TPSA) is 54.3 Å². The molecular formula is C15H18N2O2. The summed E-state index contributed by atoms with van der Waals surface area (Å²) in [6.07, 6.45) is 1.87. The van der Waals surface area contributed by atoms with Crippen LogP contribution in [-0.2, 0) is 20.2 Å². The number of rotatable bonds is 4. The molecule has 2 N–H and O–H groups in total. The highest BCUT2D eigenvalue weighted by Crippen LogP contribution is 2.09. The fourth-order valence-corrected chi connectivity index (χ4v) is 1.96. The molecule has 0 radical (unpaired) electrons. The van der Waals surface area contributed by atoms with Gasteiger partial charge in [-0.1, -0.05) is 24.3 Å². The lowest BCUT2D eigenvalue weighted by Gasteiger charge is -2.07. The second-order valence-electron chi connectivity index (χ2n) is 4.59. The molecule has 0 saturated heterocycles. The Morgan fingerprint density at radius 3 is 2.68 bits per heavy atom. The number of nitrogens with one attached hydrogen (secondary N) is 1. The molecule has 0 bridgehead atoms. The largest absolute Gasteiger partial charge is 0.392 e. The first-order chi connectivity index (χ1) is 9.11. The van der Waals surface area contributed by atoms with Crippen molar-refractivity contribution in [1.82, 2.24) is 9.88 Å². The van der Waals surface area contributed by atoms with Crippen LogP contribution in [0.15, 0.2) is 36.5 Å². The summed E-state index contributed by atoms with van der Waals surface area (Å²) in [5.41, 5.74) is 3.47. The number of amides is 1. The summed E-state index contributed by atoms with van der Waals surface area (Å²) in [5.74, 6) is -0.0764. The first-order valence-electron chi connectivity index (χ1n) is 6.20. The van der Waals surface area contributed by atoms with Gasteiger partial charge < -0.3 is 15.0 Å². The van der Waals surface area contributed by atoms with Gasteiger partial charge in [-0.15, -0.1) is 0 Å². The minimum Gasteiger partial charge on any atom is -0.392 e. The predicted octanol–water partition coefficient (Wildman–Crippen LogP) is 1.76. The molecule has 0 aliphatic heterocycles. The van der Waals surface area contributed by atoms with Gasteiger partial charge >= 0.3 is 0 Å². The van der Waals surface area contributed by atoms with Crippen LogP contribution in [0.2, 0.25) is 0 Å². The Bertz CT molecular complexity index is 588. The Labute approximate surface area is 112 Å². The number of aliphatic hydroxyl groups excluding tert-OH is 1. The van der Waals surface area contributed by atoms with Crippen LogP contribution in [-0.4, -0.2) is 15.6 Å². The lowest BCUT2D eigenvalue weighted by Crippen LogP contribution is -2.23. The number of nitrogens with zero attached hydrogens (tertiary/aromatic N) is 1. The van der Waals surface area contributed by atoms with Crippen molar-refractivity contribution in [3.63, 3.8) is 0 Å². The number of carbonyl (C=O) groups excluding carboxylic acids is 1. The van der Waals surface area contributed by atoms with Crippen LogP contribution in [0.4, 0.5) is 0 Å². The van der Waals surface area contributed by atoms with Gasteiger partial charge in [0.2, 0.25) is 0 Å². The monoisotopic (exact) mass is 258 g/mol. The van der Waals surface area contributed by atoms with Gasteiger partial charge in [-0.25, -0.2) is 0 Å².